The van der Waals surface area contributed by atoms with E-state index < -0.39 is 10.0 Å². The summed E-state index contributed by atoms with van der Waals surface area (Å²) in [6.07, 6.45) is 4.73. The highest BCUT2D eigenvalue weighted by molar-refractivity contribution is 7.92. The topological polar surface area (TPSA) is 57.7 Å². The molecular weight excluding hydrogens is 408 g/mol. The minimum absolute atomic E-state index is 0.0285. The zero-order chi connectivity index (χ0) is 20.8. The van der Waals surface area contributed by atoms with Crippen LogP contribution in [0.15, 0.2) is 42.5 Å². The molecule has 4 rings (SSSR count). The minimum Gasteiger partial charge on any atom is -0.329 e. The second kappa shape index (κ2) is 7.65. The Morgan fingerprint density at radius 1 is 1.21 bits per heavy atom. The molecule has 1 heterocycles. The molecule has 0 N–H and O–H groups in total. The van der Waals surface area contributed by atoms with Crippen LogP contribution in [0.1, 0.15) is 53.7 Å². The van der Waals surface area contributed by atoms with Crippen molar-refractivity contribution in [2.75, 3.05) is 17.1 Å². The van der Waals surface area contributed by atoms with E-state index in [0.29, 0.717) is 22.8 Å². The second-order valence-electron chi connectivity index (χ2n) is 7.92. The van der Waals surface area contributed by atoms with Crippen LogP contribution in [0, 0.1) is 0 Å². The van der Waals surface area contributed by atoms with E-state index in [2.05, 4.69) is 0 Å². The van der Waals surface area contributed by atoms with Crippen LogP contribution in [-0.2, 0) is 16.4 Å². The number of rotatable bonds is 5. The highest BCUT2D eigenvalue weighted by Crippen LogP contribution is 2.38. The van der Waals surface area contributed by atoms with Gasteiger partial charge in [-0.15, -0.1) is 0 Å². The summed E-state index contributed by atoms with van der Waals surface area (Å²) < 4.78 is 25.6. The van der Waals surface area contributed by atoms with E-state index in [1.165, 1.54) is 10.6 Å². The van der Waals surface area contributed by atoms with Gasteiger partial charge in [0.15, 0.2) is 0 Å². The highest BCUT2D eigenvalue weighted by atomic mass is 35.5. The first-order valence-corrected chi connectivity index (χ1v) is 12.2. The van der Waals surface area contributed by atoms with Gasteiger partial charge in [-0.25, -0.2) is 8.42 Å². The van der Waals surface area contributed by atoms with Crippen LogP contribution in [0.2, 0.25) is 5.02 Å². The number of hydrogen-bond acceptors (Lipinski definition) is 3. The maximum atomic E-state index is 13.5. The summed E-state index contributed by atoms with van der Waals surface area (Å²) >= 11 is 6.39. The SMILES string of the molecule is CC(c1ccccc1Cl)N(C(=O)c1ccc2c(c1)CCCN2S(C)(=O)=O)C1CC1. The Hall–Kier alpha value is -2.05. The van der Waals surface area contributed by atoms with Gasteiger partial charge in [-0.05, 0) is 68.0 Å². The lowest BCUT2D eigenvalue weighted by Gasteiger charge is -2.32. The van der Waals surface area contributed by atoms with Crippen LogP contribution in [0.4, 0.5) is 5.69 Å². The maximum Gasteiger partial charge on any atom is 0.254 e. The molecule has 0 radical (unpaired) electrons. The Bertz CT molecular complexity index is 1050. The van der Waals surface area contributed by atoms with Gasteiger partial charge in [0, 0.05) is 23.2 Å². The van der Waals surface area contributed by atoms with Gasteiger partial charge in [0.1, 0.15) is 0 Å². The number of anilines is 1. The molecule has 1 unspecified atom stereocenters. The van der Waals surface area contributed by atoms with Crippen molar-refractivity contribution in [2.24, 2.45) is 0 Å². The molecule has 2 aromatic carbocycles. The lowest BCUT2D eigenvalue weighted by atomic mass is 9.99. The first kappa shape index (κ1) is 20.2. The van der Waals surface area contributed by atoms with Crippen LogP contribution in [0.3, 0.4) is 0 Å². The molecule has 7 heteroatoms. The van der Waals surface area contributed by atoms with Crippen LogP contribution in [0.5, 0.6) is 0 Å². The van der Waals surface area contributed by atoms with Crippen molar-refractivity contribution < 1.29 is 13.2 Å². The molecule has 1 fully saturated rings. The fourth-order valence-corrected chi connectivity index (χ4v) is 5.45. The van der Waals surface area contributed by atoms with E-state index in [9.17, 15) is 13.2 Å². The molecule has 0 saturated heterocycles. The van der Waals surface area contributed by atoms with E-state index in [1.54, 1.807) is 12.1 Å². The summed E-state index contributed by atoms with van der Waals surface area (Å²) in [5.41, 5.74) is 3.14. The number of fused-ring (bicyclic) bond motifs is 1. The Morgan fingerprint density at radius 2 is 1.93 bits per heavy atom. The number of carbonyl (C=O) groups is 1. The predicted octanol–water partition coefficient (Wildman–Crippen LogP) is 4.42. The lowest BCUT2D eigenvalue weighted by molar-refractivity contribution is 0.0674. The summed E-state index contributed by atoms with van der Waals surface area (Å²) in [5, 5.41) is 0.660. The molecule has 2 aromatic rings. The first-order valence-electron chi connectivity index (χ1n) is 9.95. The fourth-order valence-electron chi connectivity index (χ4n) is 4.16. The molecule has 0 aromatic heterocycles. The second-order valence-corrected chi connectivity index (χ2v) is 10.2. The molecule has 1 saturated carbocycles. The van der Waals surface area contributed by atoms with Gasteiger partial charge in [0.05, 0.1) is 18.0 Å². The van der Waals surface area contributed by atoms with Crippen LogP contribution in [0.25, 0.3) is 0 Å². The van der Waals surface area contributed by atoms with Gasteiger partial charge in [-0.2, -0.15) is 0 Å². The molecule has 29 heavy (non-hydrogen) atoms. The molecule has 1 atom stereocenters. The molecule has 0 bridgehead atoms. The van der Waals surface area contributed by atoms with E-state index in [0.717, 1.165) is 36.8 Å². The monoisotopic (exact) mass is 432 g/mol. The normalized spacial score (nSPS) is 17.6. The van der Waals surface area contributed by atoms with Crippen molar-refractivity contribution in [3.8, 4) is 0 Å². The summed E-state index contributed by atoms with van der Waals surface area (Å²) in [4.78, 5) is 15.4. The van der Waals surface area contributed by atoms with Crippen molar-refractivity contribution in [3.05, 3.63) is 64.2 Å². The summed E-state index contributed by atoms with van der Waals surface area (Å²) in [6.45, 7) is 2.50. The smallest absolute Gasteiger partial charge is 0.254 e. The average Bonchev–Trinajstić information content (AvgIpc) is 3.51. The van der Waals surface area contributed by atoms with Gasteiger partial charge in [0.25, 0.3) is 5.91 Å². The number of benzene rings is 2. The van der Waals surface area contributed by atoms with E-state index >= 15 is 0 Å². The van der Waals surface area contributed by atoms with Crippen LogP contribution >= 0.6 is 11.6 Å². The number of aryl methyl sites for hydroxylation is 1. The zero-order valence-corrected chi connectivity index (χ0v) is 18.2. The number of hydrogen-bond donors (Lipinski definition) is 0. The quantitative estimate of drug-likeness (QED) is 0.702. The van der Waals surface area contributed by atoms with Gasteiger partial charge in [0.2, 0.25) is 10.0 Å². The summed E-state index contributed by atoms with van der Waals surface area (Å²) in [5.74, 6) is -0.0285. The minimum atomic E-state index is -3.32. The Kier molecular flexibility index (Phi) is 5.34. The fraction of sp³-hybridized carbons (Fsp3) is 0.409. The van der Waals surface area contributed by atoms with E-state index in [4.69, 9.17) is 11.6 Å². The van der Waals surface area contributed by atoms with Crippen molar-refractivity contribution in [1.82, 2.24) is 4.90 Å². The van der Waals surface area contributed by atoms with Crippen LogP contribution < -0.4 is 4.31 Å². The van der Waals surface area contributed by atoms with Gasteiger partial charge >= 0.3 is 0 Å². The molecule has 5 nitrogen and oxygen atoms in total. The van der Waals surface area contributed by atoms with Crippen LogP contribution in [-0.4, -0.2) is 38.1 Å². The van der Waals surface area contributed by atoms with E-state index in [1.807, 2.05) is 42.2 Å². The van der Waals surface area contributed by atoms with Crippen molar-refractivity contribution in [3.63, 3.8) is 0 Å². The summed E-state index contributed by atoms with van der Waals surface area (Å²) in [7, 11) is -3.32. The summed E-state index contributed by atoms with van der Waals surface area (Å²) in [6, 6.07) is 13.1. The predicted molar refractivity (Wildman–Crippen MR) is 116 cm³/mol. The van der Waals surface area contributed by atoms with Crippen molar-refractivity contribution >= 4 is 33.2 Å². The zero-order valence-electron chi connectivity index (χ0n) is 16.6. The number of sulfonamides is 1. The number of nitrogens with zero attached hydrogens (tertiary/aromatic N) is 2. The number of carbonyl (C=O) groups excluding carboxylic acids is 1. The van der Waals surface area contributed by atoms with Crippen molar-refractivity contribution in [2.45, 2.75) is 44.7 Å². The number of amides is 1. The molecule has 0 spiro atoms. The molecular formula is C22H25ClN2O3S. The van der Waals surface area contributed by atoms with Crippen molar-refractivity contribution in [1.29, 1.82) is 0 Å². The van der Waals surface area contributed by atoms with E-state index in [-0.39, 0.29) is 18.0 Å². The molecule has 1 aliphatic carbocycles. The maximum absolute atomic E-state index is 13.5. The van der Waals surface area contributed by atoms with Gasteiger partial charge in [-0.1, -0.05) is 29.8 Å². The molecule has 154 valence electrons. The third-order valence-corrected chi connectivity index (χ3v) is 7.27. The highest BCUT2D eigenvalue weighted by Gasteiger charge is 2.37. The molecule has 1 amide bonds. The van der Waals surface area contributed by atoms with Gasteiger partial charge < -0.3 is 4.90 Å². The Morgan fingerprint density at radius 3 is 2.59 bits per heavy atom. The molecule has 2 aliphatic rings. The third kappa shape index (κ3) is 4.01. The number of halogens is 1. The third-order valence-electron chi connectivity index (χ3n) is 5.75. The standard InChI is InChI=1S/C22H25ClN2O3S/c1-15(19-7-3-4-8-20(19)23)25(18-10-11-18)22(26)17-9-12-21-16(14-17)6-5-13-24(21)29(2,27)28/h3-4,7-9,12,14-15,18H,5-6,10-11,13H2,1-2H3. The molecule has 1 aliphatic heterocycles. The largest absolute Gasteiger partial charge is 0.329 e. The average molecular weight is 433 g/mol. The van der Waals surface area contributed by atoms with Gasteiger partial charge in [-0.3, -0.25) is 9.10 Å². The Balaban J connectivity index is 1.67. The Labute approximate surface area is 177 Å². The lowest BCUT2D eigenvalue weighted by Crippen LogP contribution is -2.37. The first-order chi connectivity index (χ1) is 13.8.